The number of aromatic hydroxyl groups is 2. The SMILES string of the molecule is CCCCCCCCCCCCCCC=CCCn1c(O)ccc1O. The Kier molecular flexibility index (Phi) is 12.9. The molecule has 25 heavy (non-hydrogen) atoms. The number of nitrogens with zero attached hydrogens (tertiary/aromatic N) is 1. The lowest BCUT2D eigenvalue weighted by molar-refractivity contribution is 0.369. The molecule has 2 N–H and O–H groups in total. The van der Waals surface area contributed by atoms with Crippen LogP contribution in [0.5, 0.6) is 11.8 Å². The van der Waals surface area contributed by atoms with Gasteiger partial charge in [-0.25, -0.2) is 0 Å². The highest BCUT2D eigenvalue weighted by molar-refractivity contribution is 5.23. The second kappa shape index (κ2) is 14.9. The minimum Gasteiger partial charge on any atom is -0.494 e. The van der Waals surface area contributed by atoms with Gasteiger partial charge in [-0.15, -0.1) is 0 Å². The number of rotatable bonds is 16. The minimum absolute atomic E-state index is 0.131. The van der Waals surface area contributed by atoms with Crippen LogP contribution >= 0.6 is 0 Å². The fourth-order valence-electron chi connectivity index (χ4n) is 3.22. The molecule has 144 valence electrons. The van der Waals surface area contributed by atoms with E-state index in [-0.39, 0.29) is 11.8 Å². The monoisotopic (exact) mass is 349 g/mol. The van der Waals surface area contributed by atoms with Crippen molar-refractivity contribution >= 4 is 0 Å². The Hall–Kier alpha value is -1.38. The lowest BCUT2D eigenvalue weighted by Gasteiger charge is -2.04. The van der Waals surface area contributed by atoms with E-state index in [1.165, 1.54) is 93.7 Å². The summed E-state index contributed by atoms with van der Waals surface area (Å²) in [5.41, 5.74) is 0. The fraction of sp³-hybridized carbons (Fsp3) is 0.727. The highest BCUT2D eigenvalue weighted by Gasteiger charge is 2.03. The van der Waals surface area contributed by atoms with E-state index in [0.717, 1.165) is 12.8 Å². The van der Waals surface area contributed by atoms with Crippen molar-refractivity contribution in [1.82, 2.24) is 4.57 Å². The maximum atomic E-state index is 9.54. The molecule has 1 heterocycles. The summed E-state index contributed by atoms with van der Waals surface area (Å²) in [6.07, 6.45) is 23.0. The summed E-state index contributed by atoms with van der Waals surface area (Å²) >= 11 is 0. The van der Waals surface area contributed by atoms with Crippen LogP contribution in [0.2, 0.25) is 0 Å². The van der Waals surface area contributed by atoms with Crippen LogP contribution in [0, 0.1) is 0 Å². The molecule has 0 saturated carbocycles. The van der Waals surface area contributed by atoms with Crippen LogP contribution in [0.25, 0.3) is 0 Å². The smallest absolute Gasteiger partial charge is 0.193 e. The molecule has 0 spiro atoms. The Morgan fingerprint density at radius 1 is 0.680 bits per heavy atom. The molecule has 0 aliphatic rings. The molecule has 3 heteroatoms. The van der Waals surface area contributed by atoms with E-state index >= 15 is 0 Å². The van der Waals surface area contributed by atoms with E-state index < -0.39 is 0 Å². The summed E-state index contributed by atoms with van der Waals surface area (Å²) in [6, 6.07) is 3.04. The lowest BCUT2D eigenvalue weighted by atomic mass is 10.0. The van der Waals surface area contributed by atoms with Gasteiger partial charge in [-0.3, -0.25) is 4.57 Å². The van der Waals surface area contributed by atoms with Crippen LogP contribution in [-0.4, -0.2) is 14.8 Å². The van der Waals surface area contributed by atoms with E-state index in [4.69, 9.17) is 0 Å². The fourth-order valence-corrected chi connectivity index (χ4v) is 3.22. The molecule has 0 aliphatic heterocycles. The second-order valence-electron chi connectivity index (χ2n) is 7.14. The number of hydrogen-bond donors (Lipinski definition) is 2. The number of unbranched alkanes of at least 4 members (excludes halogenated alkanes) is 12. The molecule has 3 nitrogen and oxygen atoms in total. The van der Waals surface area contributed by atoms with Gasteiger partial charge >= 0.3 is 0 Å². The van der Waals surface area contributed by atoms with Gasteiger partial charge in [0.05, 0.1) is 0 Å². The molecule has 0 saturated heterocycles. The second-order valence-corrected chi connectivity index (χ2v) is 7.14. The lowest BCUT2D eigenvalue weighted by Crippen LogP contribution is -1.94. The zero-order valence-corrected chi connectivity index (χ0v) is 16.3. The standard InChI is InChI=1S/C22H39NO2/c1-2-3-4-5-6-7-8-9-10-11-12-13-14-15-16-17-20-23-21(24)18-19-22(23)25/h15-16,18-19,24-25H,2-14,17,20H2,1H3. The summed E-state index contributed by atoms with van der Waals surface area (Å²) in [6.45, 7) is 2.90. The van der Waals surface area contributed by atoms with Gasteiger partial charge < -0.3 is 10.2 Å². The topological polar surface area (TPSA) is 45.4 Å². The first kappa shape index (κ1) is 21.7. The molecule has 1 rings (SSSR count). The van der Waals surface area contributed by atoms with E-state index in [0.29, 0.717) is 6.54 Å². The third-order valence-corrected chi connectivity index (χ3v) is 4.84. The zero-order valence-electron chi connectivity index (χ0n) is 16.3. The first-order valence-corrected chi connectivity index (χ1v) is 10.5. The molecule has 0 bridgehead atoms. The molecular weight excluding hydrogens is 310 g/mol. The zero-order chi connectivity index (χ0) is 18.2. The van der Waals surface area contributed by atoms with Crippen molar-refractivity contribution in [3.63, 3.8) is 0 Å². The Morgan fingerprint density at radius 2 is 1.12 bits per heavy atom. The first-order valence-electron chi connectivity index (χ1n) is 10.5. The van der Waals surface area contributed by atoms with Gasteiger partial charge in [0, 0.05) is 18.7 Å². The number of hydrogen-bond acceptors (Lipinski definition) is 2. The van der Waals surface area contributed by atoms with Crippen molar-refractivity contribution in [2.75, 3.05) is 0 Å². The van der Waals surface area contributed by atoms with Crippen LogP contribution in [0.4, 0.5) is 0 Å². The van der Waals surface area contributed by atoms with Crippen molar-refractivity contribution in [1.29, 1.82) is 0 Å². The Morgan fingerprint density at radius 3 is 1.64 bits per heavy atom. The van der Waals surface area contributed by atoms with Crippen LogP contribution in [-0.2, 0) is 6.54 Å². The molecule has 0 fully saturated rings. The van der Waals surface area contributed by atoms with Crippen molar-refractivity contribution in [3.8, 4) is 11.8 Å². The van der Waals surface area contributed by atoms with Crippen molar-refractivity contribution in [2.45, 2.75) is 103 Å². The molecule has 0 atom stereocenters. The first-order chi connectivity index (χ1) is 12.3. The van der Waals surface area contributed by atoms with Crippen LogP contribution in [0.1, 0.15) is 96.8 Å². The van der Waals surface area contributed by atoms with Gasteiger partial charge in [-0.1, -0.05) is 89.7 Å². The van der Waals surface area contributed by atoms with Crippen LogP contribution in [0.3, 0.4) is 0 Å². The molecule has 0 radical (unpaired) electrons. The molecule has 0 aliphatic carbocycles. The van der Waals surface area contributed by atoms with E-state index in [2.05, 4.69) is 19.1 Å². The number of allylic oxidation sites excluding steroid dienone is 2. The average Bonchev–Trinajstić information content (AvgIpc) is 2.93. The van der Waals surface area contributed by atoms with Gasteiger partial charge in [-0.05, 0) is 19.3 Å². The Bertz CT molecular complexity index is 431. The van der Waals surface area contributed by atoms with Crippen molar-refractivity contribution in [2.24, 2.45) is 0 Å². The third-order valence-electron chi connectivity index (χ3n) is 4.84. The summed E-state index contributed by atoms with van der Waals surface area (Å²) in [7, 11) is 0. The molecule has 0 amide bonds. The van der Waals surface area contributed by atoms with Crippen molar-refractivity contribution < 1.29 is 10.2 Å². The van der Waals surface area contributed by atoms with E-state index in [1.807, 2.05) is 0 Å². The van der Waals surface area contributed by atoms with E-state index in [9.17, 15) is 10.2 Å². The largest absolute Gasteiger partial charge is 0.494 e. The normalized spacial score (nSPS) is 11.6. The quantitative estimate of drug-likeness (QED) is 0.251. The third kappa shape index (κ3) is 11.0. The Labute approximate surface area is 154 Å². The van der Waals surface area contributed by atoms with Gasteiger partial charge in [0.25, 0.3) is 0 Å². The molecule has 1 aromatic rings. The highest BCUT2D eigenvalue weighted by Crippen LogP contribution is 2.21. The van der Waals surface area contributed by atoms with Gasteiger partial charge in [0.2, 0.25) is 0 Å². The summed E-state index contributed by atoms with van der Waals surface area (Å²) in [5, 5.41) is 19.1. The van der Waals surface area contributed by atoms with E-state index in [1.54, 1.807) is 0 Å². The molecular formula is C22H39NO2. The van der Waals surface area contributed by atoms with Crippen LogP contribution in [0.15, 0.2) is 24.3 Å². The average molecular weight is 350 g/mol. The molecule has 1 aromatic heterocycles. The van der Waals surface area contributed by atoms with Crippen LogP contribution < -0.4 is 0 Å². The maximum absolute atomic E-state index is 9.54. The maximum Gasteiger partial charge on any atom is 0.193 e. The summed E-state index contributed by atoms with van der Waals surface area (Å²) in [5.74, 6) is 0.263. The predicted molar refractivity (Wildman–Crippen MR) is 107 cm³/mol. The molecule has 0 aromatic carbocycles. The predicted octanol–water partition coefficient (Wildman–Crippen LogP) is 6.94. The summed E-state index contributed by atoms with van der Waals surface area (Å²) in [4.78, 5) is 0. The highest BCUT2D eigenvalue weighted by atomic mass is 16.3. The van der Waals surface area contributed by atoms with Crippen molar-refractivity contribution in [3.05, 3.63) is 24.3 Å². The number of aromatic nitrogens is 1. The summed E-state index contributed by atoms with van der Waals surface area (Å²) < 4.78 is 1.52. The van der Waals surface area contributed by atoms with Gasteiger partial charge in [-0.2, -0.15) is 0 Å². The molecule has 0 unspecified atom stereocenters. The van der Waals surface area contributed by atoms with Gasteiger partial charge in [0.1, 0.15) is 0 Å². The Balaban J connectivity index is 1.82. The minimum atomic E-state index is 0.131. The van der Waals surface area contributed by atoms with Gasteiger partial charge in [0.15, 0.2) is 11.8 Å².